The minimum absolute atomic E-state index is 0.432. The first kappa shape index (κ1) is 9.93. The van der Waals surface area contributed by atoms with Crippen LogP contribution in [0.2, 0.25) is 4.51 Å². The van der Waals surface area contributed by atoms with Crippen LogP contribution >= 0.6 is 0 Å². The van der Waals surface area contributed by atoms with E-state index in [2.05, 4.69) is 44.2 Å². The summed E-state index contributed by atoms with van der Waals surface area (Å²) in [6, 6.07) is 11.1. The first-order chi connectivity index (χ1) is 5.86. The average molecular weight is 214 g/mol. The molecule has 0 aliphatic rings. The van der Waals surface area contributed by atoms with E-state index in [1.165, 1.54) is 12.8 Å². The monoisotopic (exact) mass is 212 g/mol. The molecule has 1 rings (SSSR count). The number of hydrogen-bond acceptors (Lipinski definition) is 0. The van der Waals surface area contributed by atoms with Crippen molar-refractivity contribution < 1.29 is 17.1 Å². The van der Waals surface area contributed by atoms with Gasteiger partial charge in [-0.15, -0.1) is 0 Å². The van der Waals surface area contributed by atoms with E-state index < -0.39 is 17.1 Å². The third-order valence-electron chi connectivity index (χ3n) is 2.52. The van der Waals surface area contributed by atoms with Crippen LogP contribution in [-0.2, 0) is 17.1 Å². The Kier molecular flexibility index (Phi) is 4.54. The van der Waals surface area contributed by atoms with Crippen LogP contribution in [0.1, 0.15) is 26.7 Å². The summed E-state index contributed by atoms with van der Waals surface area (Å²) in [6.07, 6.45) is 2.76. The van der Waals surface area contributed by atoms with Crippen LogP contribution in [-0.4, -0.2) is 0 Å². The summed E-state index contributed by atoms with van der Waals surface area (Å²) in [6.45, 7) is 4.64. The van der Waals surface area contributed by atoms with Crippen LogP contribution in [0.5, 0.6) is 0 Å². The Morgan fingerprint density at radius 3 is 2.17 bits per heavy atom. The fraction of sp³-hybridized carbons (Fsp3) is 0.455. The summed E-state index contributed by atoms with van der Waals surface area (Å²) in [5, 5.41) is 0. The zero-order valence-corrected chi connectivity index (χ0v) is 11.1. The SMILES string of the molecule is CC[CH](CC)[Zn][c]1ccccc1. The van der Waals surface area contributed by atoms with Gasteiger partial charge in [0.25, 0.3) is 0 Å². The van der Waals surface area contributed by atoms with Crippen molar-refractivity contribution in [2.45, 2.75) is 31.2 Å². The predicted molar refractivity (Wildman–Crippen MR) is 50.4 cm³/mol. The molecule has 0 radical (unpaired) electrons. The molecule has 0 bridgehead atoms. The Morgan fingerprint density at radius 2 is 1.67 bits per heavy atom. The second kappa shape index (κ2) is 5.48. The molecule has 0 aliphatic carbocycles. The van der Waals surface area contributed by atoms with Crippen LogP contribution in [0.4, 0.5) is 0 Å². The first-order valence-corrected chi connectivity index (χ1v) is 8.10. The molecule has 0 heterocycles. The van der Waals surface area contributed by atoms with Crippen LogP contribution in [0, 0.1) is 0 Å². The number of benzene rings is 1. The molecule has 62 valence electrons. The Balaban J connectivity index is 2.51. The zero-order valence-electron chi connectivity index (χ0n) is 8.09. The summed E-state index contributed by atoms with van der Waals surface area (Å²) in [4.78, 5) is 0. The molecular formula is C11H16Zn. The van der Waals surface area contributed by atoms with E-state index in [4.69, 9.17) is 0 Å². The number of hydrogen-bond donors (Lipinski definition) is 0. The maximum atomic E-state index is 2.32. The number of rotatable bonds is 4. The normalized spacial score (nSPS) is 9.92. The molecule has 0 N–H and O–H groups in total. The van der Waals surface area contributed by atoms with E-state index in [0.29, 0.717) is 0 Å². The topological polar surface area (TPSA) is 0 Å². The summed E-state index contributed by atoms with van der Waals surface area (Å²) < 4.78 is 2.72. The van der Waals surface area contributed by atoms with Crippen molar-refractivity contribution in [3.8, 4) is 0 Å². The van der Waals surface area contributed by atoms with Crippen LogP contribution < -0.4 is 4.16 Å². The third-order valence-corrected chi connectivity index (χ3v) is 8.13. The van der Waals surface area contributed by atoms with Gasteiger partial charge in [0.05, 0.1) is 0 Å². The second-order valence-electron chi connectivity index (χ2n) is 3.37. The van der Waals surface area contributed by atoms with Crippen molar-refractivity contribution in [2.75, 3.05) is 0 Å². The van der Waals surface area contributed by atoms with Gasteiger partial charge in [0, 0.05) is 0 Å². The first-order valence-electron chi connectivity index (χ1n) is 4.90. The standard InChI is InChI=1S/C6H5.C5H11.Zn/c1-2-4-6-5-3-1;1-3-5-4-2;/h1-5H;5H,3-4H2,1-2H3;. The van der Waals surface area contributed by atoms with Crippen LogP contribution in [0.3, 0.4) is 0 Å². The summed E-state index contributed by atoms with van der Waals surface area (Å²) in [5.74, 6) is 0. The Bertz CT molecular complexity index is 202. The fourth-order valence-electron chi connectivity index (χ4n) is 1.52. The average Bonchev–Trinajstić information content (AvgIpc) is 2.16. The molecule has 0 unspecified atom stereocenters. The Hall–Kier alpha value is -0.157. The van der Waals surface area contributed by atoms with E-state index >= 15 is 0 Å². The summed E-state index contributed by atoms with van der Waals surface area (Å²) in [5.41, 5.74) is 0. The van der Waals surface area contributed by atoms with Crippen LogP contribution in [0.15, 0.2) is 30.3 Å². The summed E-state index contributed by atoms with van der Waals surface area (Å²) >= 11 is -0.432. The predicted octanol–water partition coefficient (Wildman–Crippen LogP) is 3.00. The Labute approximate surface area is 83.0 Å². The van der Waals surface area contributed by atoms with Gasteiger partial charge in [-0.05, 0) is 0 Å². The van der Waals surface area contributed by atoms with Crippen molar-refractivity contribution in [1.29, 1.82) is 0 Å². The van der Waals surface area contributed by atoms with Gasteiger partial charge in [-0.3, -0.25) is 0 Å². The van der Waals surface area contributed by atoms with Crippen molar-refractivity contribution in [1.82, 2.24) is 0 Å². The van der Waals surface area contributed by atoms with E-state index in [0.717, 1.165) is 4.51 Å². The quantitative estimate of drug-likeness (QED) is 0.675. The van der Waals surface area contributed by atoms with Gasteiger partial charge in [-0.1, -0.05) is 0 Å². The van der Waals surface area contributed by atoms with Gasteiger partial charge < -0.3 is 0 Å². The third kappa shape index (κ3) is 3.07. The van der Waals surface area contributed by atoms with Crippen molar-refractivity contribution in [3.05, 3.63) is 30.3 Å². The fourth-order valence-corrected chi connectivity index (χ4v) is 5.28. The second-order valence-corrected chi connectivity index (χ2v) is 8.36. The van der Waals surface area contributed by atoms with Gasteiger partial charge in [0.2, 0.25) is 0 Å². The van der Waals surface area contributed by atoms with Crippen molar-refractivity contribution in [2.24, 2.45) is 0 Å². The zero-order chi connectivity index (χ0) is 8.81. The van der Waals surface area contributed by atoms with E-state index in [-0.39, 0.29) is 0 Å². The molecule has 0 amide bonds. The van der Waals surface area contributed by atoms with E-state index in [1.807, 2.05) is 0 Å². The van der Waals surface area contributed by atoms with E-state index in [9.17, 15) is 0 Å². The van der Waals surface area contributed by atoms with E-state index in [1.54, 1.807) is 4.16 Å². The molecule has 0 nitrogen and oxygen atoms in total. The van der Waals surface area contributed by atoms with Gasteiger partial charge in [-0.2, -0.15) is 0 Å². The van der Waals surface area contributed by atoms with Gasteiger partial charge in [-0.25, -0.2) is 0 Å². The molecule has 0 spiro atoms. The van der Waals surface area contributed by atoms with Crippen LogP contribution in [0.25, 0.3) is 0 Å². The molecule has 0 saturated carbocycles. The molecule has 0 saturated heterocycles. The minimum atomic E-state index is -0.432. The molecule has 1 aromatic carbocycles. The van der Waals surface area contributed by atoms with Gasteiger partial charge in [0.1, 0.15) is 0 Å². The maximum absolute atomic E-state index is 2.32. The molecular weight excluding hydrogens is 198 g/mol. The van der Waals surface area contributed by atoms with Gasteiger partial charge >= 0.3 is 82.8 Å². The van der Waals surface area contributed by atoms with Gasteiger partial charge in [0.15, 0.2) is 0 Å². The summed E-state index contributed by atoms with van der Waals surface area (Å²) in [7, 11) is 0. The molecule has 0 atom stereocenters. The van der Waals surface area contributed by atoms with Crippen molar-refractivity contribution >= 4 is 4.16 Å². The molecule has 0 aromatic heterocycles. The molecule has 1 aromatic rings. The van der Waals surface area contributed by atoms with Crippen molar-refractivity contribution in [3.63, 3.8) is 0 Å². The molecule has 0 fully saturated rings. The molecule has 0 aliphatic heterocycles. The Morgan fingerprint density at radius 1 is 1.08 bits per heavy atom. The molecule has 1 heteroatoms. The molecule has 12 heavy (non-hydrogen) atoms.